The number of anilines is 2. The Kier molecular flexibility index (Phi) is 4.09. The van der Waals surface area contributed by atoms with E-state index in [0.29, 0.717) is 0 Å². The Morgan fingerprint density at radius 2 is 2.26 bits per heavy atom. The van der Waals surface area contributed by atoms with E-state index >= 15 is 0 Å². The van der Waals surface area contributed by atoms with Gasteiger partial charge in [-0.2, -0.15) is 5.10 Å². The highest BCUT2D eigenvalue weighted by Crippen LogP contribution is 2.27. The quantitative estimate of drug-likeness (QED) is 0.746. The standard InChI is InChI=1S/C13H22N6/c1-4-8-19-13(11(14)9(3)18-19)17-10(5-2)12-15-6-7-16-12/h6-7,10,17H,4-5,8,14H2,1-3H3,(H,15,16). The van der Waals surface area contributed by atoms with Gasteiger partial charge < -0.3 is 16.0 Å². The third-order valence-electron chi connectivity index (χ3n) is 3.18. The fourth-order valence-corrected chi connectivity index (χ4v) is 2.12. The lowest BCUT2D eigenvalue weighted by Crippen LogP contribution is -2.16. The van der Waals surface area contributed by atoms with Crippen LogP contribution in [0.3, 0.4) is 0 Å². The van der Waals surface area contributed by atoms with Crippen LogP contribution in [0.2, 0.25) is 0 Å². The maximum atomic E-state index is 6.11. The molecule has 2 rings (SSSR count). The van der Waals surface area contributed by atoms with Gasteiger partial charge in [0, 0.05) is 18.9 Å². The van der Waals surface area contributed by atoms with Crippen LogP contribution < -0.4 is 11.1 Å². The number of rotatable bonds is 6. The lowest BCUT2D eigenvalue weighted by molar-refractivity contribution is 0.591. The van der Waals surface area contributed by atoms with E-state index in [9.17, 15) is 0 Å². The van der Waals surface area contributed by atoms with Gasteiger partial charge >= 0.3 is 0 Å². The third kappa shape index (κ3) is 2.72. The molecular formula is C13H22N6. The number of hydrogen-bond donors (Lipinski definition) is 3. The zero-order valence-corrected chi connectivity index (χ0v) is 11.8. The minimum absolute atomic E-state index is 0.115. The summed E-state index contributed by atoms with van der Waals surface area (Å²) in [6.07, 6.45) is 5.53. The largest absolute Gasteiger partial charge is 0.394 e. The first-order valence-electron chi connectivity index (χ1n) is 6.76. The molecule has 104 valence electrons. The Bertz CT molecular complexity index is 513. The molecule has 0 aliphatic carbocycles. The van der Waals surface area contributed by atoms with Crippen LogP contribution in [0.4, 0.5) is 11.5 Å². The monoisotopic (exact) mass is 262 g/mol. The van der Waals surface area contributed by atoms with E-state index in [2.05, 4.69) is 34.2 Å². The maximum Gasteiger partial charge on any atom is 0.148 e. The summed E-state index contributed by atoms with van der Waals surface area (Å²) in [7, 11) is 0. The maximum absolute atomic E-state index is 6.11. The summed E-state index contributed by atoms with van der Waals surface area (Å²) in [4.78, 5) is 7.45. The van der Waals surface area contributed by atoms with Crippen LogP contribution in [0, 0.1) is 6.92 Å². The van der Waals surface area contributed by atoms with Crippen molar-refractivity contribution in [3.05, 3.63) is 23.9 Å². The Morgan fingerprint density at radius 1 is 1.47 bits per heavy atom. The molecule has 1 atom stereocenters. The van der Waals surface area contributed by atoms with Gasteiger partial charge in [0.05, 0.1) is 17.4 Å². The van der Waals surface area contributed by atoms with Crippen molar-refractivity contribution in [3.8, 4) is 0 Å². The van der Waals surface area contributed by atoms with Crippen molar-refractivity contribution >= 4 is 11.5 Å². The van der Waals surface area contributed by atoms with Crippen LogP contribution >= 0.6 is 0 Å². The number of nitrogens with two attached hydrogens (primary N) is 1. The van der Waals surface area contributed by atoms with Gasteiger partial charge in [0.25, 0.3) is 0 Å². The van der Waals surface area contributed by atoms with Crippen LogP contribution in [-0.2, 0) is 6.54 Å². The van der Waals surface area contributed by atoms with Gasteiger partial charge in [-0.25, -0.2) is 9.67 Å². The summed E-state index contributed by atoms with van der Waals surface area (Å²) >= 11 is 0. The SMILES string of the molecule is CCCn1nc(C)c(N)c1NC(CC)c1ncc[nH]1. The lowest BCUT2D eigenvalue weighted by atomic mass is 10.2. The summed E-state index contributed by atoms with van der Waals surface area (Å²) in [6.45, 7) is 7.03. The smallest absolute Gasteiger partial charge is 0.148 e. The van der Waals surface area contributed by atoms with E-state index in [1.807, 2.05) is 17.8 Å². The summed E-state index contributed by atoms with van der Waals surface area (Å²) in [5, 5.41) is 7.92. The van der Waals surface area contributed by atoms with E-state index in [1.54, 1.807) is 6.20 Å². The zero-order valence-electron chi connectivity index (χ0n) is 11.8. The van der Waals surface area contributed by atoms with E-state index in [0.717, 1.165) is 42.4 Å². The van der Waals surface area contributed by atoms with Gasteiger partial charge in [-0.3, -0.25) is 0 Å². The van der Waals surface area contributed by atoms with E-state index < -0.39 is 0 Å². The first kappa shape index (κ1) is 13.5. The van der Waals surface area contributed by atoms with Crippen molar-refractivity contribution in [1.29, 1.82) is 0 Å². The molecule has 2 heterocycles. The van der Waals surface area contributed by atoms with Crippen molar-refractivity contribution in [2.75, 3.05) is 11.1 Å². The molecule has 6 nitrogen and oxygen atoms in total. The fraction of sp³-hybridized carbons (Fsp3) is 0.538. The molecule has 0 bridgehead atoms. The Balaban J connectivity index is 2.26. The van der Waals surface area contributed by atoms with Crippen molar-refractivity contribution in [2.24, 2.45) is 0 Å². The van der Waals surface area contributed by atoms with Gasteiger partial charge in [0.1, 0.15) is 11.6 Å². The Hall–Kier alpha value is -1.98. The van der Waals surface area contributed by atoms with Crippen LogP contribution in [0.25, 0.3) is 0 Å². The highest BCUT2D eigenvalue weighted by molar-refractivity contribution is 5.65. The molecule has 4 N–H and O–H groups in total. The minimum Gasteiger partial charge on any atom is -0.394 e. The number of aromatic amines is 1. The topological polar surface area (TPSA) is 84.6 Å². The van der Waals surface area contributed by atoms with Crippen molar-refractivity contribution in [3.63, 3.8) is 0 Å². The highest BCUT2D eigenvalue weighted by Gasteiger charge is 2.18. The van der Waals surface area contributed by atoms with Gasteiger partial charge in [0.2, 0.25) is 0 Å². The molecule has 1 unspecified atom stereocenters. The first-order valence-corrected chi connectivity index (χ1v) is 6.76. The predicted octanol–water partition coefficient (Wildman–Crippen LogP) is 2.47. The number of nitrogens with one attached hydrogen (secondary N) is 2. The number of aromatic nitrogens is 4. The summed E-state index contributed by atoms with van der Waals surface area (Å²) < 4.78 is 1.94. The molecule has 19 heavy (non-hydrogen) atoms. The van der Waals surface area contributed by atoms with E-state index in [-0.39, 0.29) is 6.04 Å². The molecule has 2 aromatic heterocycles. The molecule has 2 aromatic rings. The van der Waals surface area contributed by atoms with Crippen LogP contribution in [-0.4, -0.2) is 19.7 Å². The molecule has 0 radical (unpaired) electrons. The second kappa shape index (κ2) is 5.77. The molecule has 6 heteroatoms. The normalized spacial score (nSPS) is 12.6. The summed E-state index contributed by atoms with van der Waals surface area (Å²) in [5.41, 5.74) is 7.70. The van der Waals surface area contributed by atoms with Crippen LogP contribution in [0.1, 0.15) is 44.2 Å². The average molecular weight is 262 g/mol. The van der Waals surface area contributed by atoms with Crippen molar-refractivity contribution in [1.82, 2.24) is 19.7 Å². The lowest BCUT2D eigenvalue weighted by Gasteiger charge is -2.17. The Morgan fingerprint density at radius 3 is 2.84 bits per heavy atom. The molecule has 0 amide bonds. The zero-order chi connectivity index (χ0) is 13.8. The second-order valence-corrected chi connectivity index (χ2v) is 4.65. The number of aryl methyl sites for hydroxylation is 2. The van der Waals surface area contributed by atoms with Crippen molar-refractivity contribution in [2.45, 2.75) is 46.2 Å². The molecule has 0 saturated heterocycles. The number of imidazole rings is 1. The molecular weight excluding hydrogens is 240 g/mol. The molecule has 0 aliphatic rings. The fourth-order valence-electron chi connectivity index (χ4n) is 2.12. The third-order valence-corrected chi connectivity index (χ3v) is 3.18. The first-order chi connectivity index (χ1) is 9.17. The van der Waals surface area contributed by atoms with Crippen LogP contribution in [0.5, 0.6) is 0 Å². The number of nitrogen functional groups attached to an aromatic ring is 1. The summed E-state index contributed by atoms with van der Waals surface area (Å²) in [6, 6.07) is 0.115. The van der Waals surface area contributed by atoms with Gasteiger partial charge in [-0.05, 0) is 19.8 Å². The Labute approximate surface area is 113 Å². The van der Waals surface area contributed by atoms with Gasteiger partial charge in [0.15, 0.2) is 0 Å². The number of hydrogen-bond acceptors (Lipinski definition) is 4. The number of nitrogens with zero attached hydrogens (tertiary/aromatic N) is 3. The van der Waals surface area contributed by atoms with E-state index in [1.165, 1.54) is 0 Å². The molecule has 0 spiro atoms. The average Bonchev–Trinajstić information content (AvgIpc) is 3.00. The van der Waals surface area contributed by atoms with E-state index in [4.69, 9.17) is 5.73 Å². The molecule has 0 aromatic carbocycles. The molecule has 0 fully saturated rings. The molecule has 0 aliphatic heterocycles. The second-order valence-electron chi connectivity index (χ2n) is 4.65. The highest BCUT2D eigenvalue weighted by atomic mass is 15.3. The van der Waals surface area contributed by atoms with Crippen molar-refractivity contribution < 1.29 is 0 Å². The molecule has 0 saturated carbocycles. The van der Waals surface area contributed by atoms with Gasteiger partial charge in [-0.15, -0.1) is 0 Å². The predicted molar refractivity (Wildman–Crippen MR) is 76.9 cm³/mol. The minimum atomic E-state index is 0.115. The van der Waals surface area contributed by atoms with Crippen LogP contribution in [0.15, 0.2) is 12.4 Å². The number of H-pyrrole nitrogens is 1. The van der Waals surface area contributed by atoms with Gasteiger partial charge in [-0.1, -0.05) is 13.8 Å². The summed E-state index contributed by atoms with van der Waals surface area (Å²) in [5.74, 6) is 1.81.